The molecule has 1 N–H and O–H groups in total. The number of rotatable bonds is 3. The molecule has 2 aromatic rings. The molecular weight excluding hydrogens is 300 g/mol. The Morgan fingerprint density at radius 3 is 2.71 bits per heavy atom. The van der Waals surface area contributed by atoms with Crippen molar-refractivity contribution in [2.24, 2.45) is 7.05 Å². The normalized spacial score (nSPS) is 17.9. The highest BCUT2D eigenvalue weighted by molar-refractivity contribution is 6.01. The molecule has 1 aromatic carbocycles. The van der Waals surface area contributed by atoms with E-state index in [-0.39, 0.29) is 18.1 Å². The van der Waals surface area contributed by atoms with Gasteiger partial charge in [-0.15, -0.1) is 0 Å². The van der Waals surface area contributed by atoms with E-state index in [1.54, 1.807) is 0 Å². The zero-order chi connectivity index (χ0) is 17.4. The number of amides is 1. The lowest BCUT2D eigenvalue weighted by Crippen LogP contribution is -2.47. The minimum atomic E-state index is -0.268. The van der Waals surface area contributed by atoms with Gasteiger partial charge in [-0.25, -0.2) is 0 Å². The highest BCUT2D eigenvalue weighted by atomic mass is 16.2. The molecular formula is C19H22N4O. The van der Waals surface area contributed by atoms with Crippen LogP contribution < -0.4 is 5.32 Å². The lowest BCUT2D eigenvalue weighted by Gasteiger charge is -2.41. The highest BCUT2D eigenvalue weighted by Gasteiger charge is 2.36. The van der Waals surface area contributed by atoms with E-state index in [2.05, 4.69) is 25.2 Å². The predicted octanol–water partition coefficient (Wildman–Crippen LogP) is 3.57. The number of aromatic nitrogens is 1. The Hall–Kier alpha value is -2.74. The average Bonchev–Trinajstić information content (AvgIpc) is 2.89. The molecule has 1 aliphatic rings. The van der Waals surface area contributed by atoms with E-state index in [1.165, 1.54) is 0 Å². The molecule has 2 heterocycles. The molecule has 5 heteroatoms. The van der Waals surface area contributed by atoms with Crippen LogP contribution in [0.15, 0.2) is 30.3 Å². The molecule has 3 rings (SSSR count). The van der Waals surface area contributed by atoms with Crippen LogP contribution in [-0.4, -0.2) is 21.4 Å². The number of para-hydroxylation sites is 1. The molecule has 0 spiro atoms. The molecule has 1 aromatic heterocycles. The van der Waals surface area contributed by atoms with Crippen molar-refractivity contribution in [2.45, 2.75) is 39.4 Å². The maximum absolute atomic E-state index is 13.1. The van der Waals surface area contributed by atoms with Gasteiger partial charge >= 0.3 is 0 Å². The molecule has 0 unspecified atom stereocenters. The summed E-state index contributed by atoms with van der Waals surface area (Å²) in [5.41, 5.74) is 4.10. The van der Waals surface area contributed by atoms with Crippen LogP contribution in [0.1, 0.15) is 53.7 Å². The summed E-state index contributed by atoms with van der Waals surface area (Å²) >= 11 is 0. The van der Waals surface area contributed by atoms with Crippen LogP contribution in [0.2, 0.25) is 0 Å². The van der Waals surface area contributed by atoms with Gasteiger partial charge in [-0.3, -0.25) is 4.79 Å². The van der Waals surface area contributed by atoms with E-state index in [9.17, 15) is 10.1 Å². The summed E-state index contributed by atoms with van der Waals surface area (Å²) < 4.78 is 1.87. The second-order valence-corrected chi connectivity index (χ2v) is 6.30. The van der Waals surface area contributed by atoms with Crippen molar-refractivity contribution in [2.75, 3.05) is 5.32 Å². The van der Waals surface area contributed by atoms with Gasteiger partial charge in [-0.2, -0.15) is 5.26 Å². The topological polar surface area (TPSA) is 61.1 Å². The zero-order valence-corrected chi connectivity index (χ0v) is 14.5. The summed E-state index contributed by atoms with van der Waals surface area (Å²) in [4.78, 5) is 15.0. The molecule has 0 aliphatic carbocycles. The summed E-state index contributed by atoms with van der Waals surface area (Å²) in [6.45, 7) is 6.12. The molecule has 5 nitrogen and oxygen atoms in total. The number of nitrogens with one attached hydrogen (secondary N) is 1. The number of hydrogen-bond donors (Lipinski definition) is 1. The Morgan fingerprint density at radius 2 is 2.08 bits per heavy atom. The minimum Gasteiger partial charge on any atom is -0.361 e. The smallest absolute Gasteiger partial charge is 0.258 e. The monoisotopic (exact) mass is 322 g/mol. The quantitative estimate of drug-likeness (QED) is 0.939. The van der Waals surface area contributed by atoms with Crippen molar-refractivity contribution >= 4 is 11.6 Å². The zero-order valence-electron chi connectivity index (χ0n) is 14.5. The lowest BCUT2D eigenvalue weighted by molar-refractivity contribution is 0.0593. The van der Waals surface area contributed by atoms with Crippen LogP contribution in [0, 0.1) is 18.3 Å². The van der Waals surface area contributed by atoms with E-state index in [0.717, 1.165) is 23.4 Å². The van der Waals surface area contributed by atoms with Crippen LogP contribution in [-0.2, 0) is 7.05 Å². The van der Waals surface area contributed by atoms with Crippen LogP contribution in [0.5, 0.6) is 0 Å². The Balaban J connectivity index is 2.15. The van der Waals surface area contributed by atoms with Crippen LogP contribution >= 0.6 is 0 Å². The molecule has 0 saturated carbocycles. The molecule has 0 radical (unpaired) electrons. The number of hydrogen-bond acceptors (Lipinski definition) is 3. The molecule has 0 saturated heterocycles. The first-order valence-corrected chi connectivity index (χ1v) is 8.24. The Labute approximate surface area is 142 Å². The third-order valence-corrected chi connectivity index (χ3v) is 5.01. The maximum Gasteiger partial charge on any atom is 0.258 e. The number of nitrogens with zero attached hydrogens (tertiary/aromatic N) is 3. The molecule has 1 amide bonds. The first kappa shape index (κ1) is 16.1. The van der Waals surface area contributed by atoms with Crippen molar-refractivity contribution in [3.63, 3.8) is 0 Å². The fourth-order valence-corrected chi connectivity index (χ4v) is 3.25. The average molecular weight is 322 g/mol. The van der Waals surface area contributed by atoms with Crippen LogP contribution in [0.4, 0.5) is 5.69 Å². The molecule has 0 bridgehead atoms. The van der Waals surface area contributed by atoms with Gasteiger partial charge in [-0.1, -0.05) is 19.1 Å². The molecule has 0 fully saturated rings. The summed E-state index contributed by atoms with van der Waals surface area (Å²) in [5, 5.41) is 12.8. The number of carbonyl (C=O) groups is 1. The number of anilines is 1. The maximum atomic E-state index is 13.1. The Bertz CT molecular complexity index is 830. The van der Waals surface area contributed by atoms with Crippen molar-refractivity contribution in [3.8, 4) is 6.07 Å². The predicted molar refractivity (Wildman–Crippen MR) is 93.6 cm³/mol. The van der Waals surface area contributed by atoms with Gasteiger partial charge in [0.15, 0.2) is 0 Å². The van der Waals surface area contributed by atoms with Crippen molar-refractivity contribution in [1.82, 2.24) is 9.47 Å². The fourth-order valence-electron chi connectivity index (χ4n) is 3.25. The van der Waals surface area contributed by atoms with Gasteiger partial charge < -0.3 is 14.8 Å². The molecule has 1 aliphatic heterocycles. The van der Waals surface area contributed by atoms with E-state index in [1.807, 2.05) is 53.8 Å². The number of nitriles is 1. The first-order valence-electron chi connectivity index (χ1n) is 8.24. The number of carbonyl (C=O) groups excluding carboxylic acids is 1. The van der Waals surface area contributed by atoms with Gasteiger partial charge in [0.2, 0.25) is 0 Å². The third-order valence-electron chi connectivity index (χ3n) is 5.01. The lowest BCUT2D eigenvalue weighted by atomic mass is 10.0. The molecule has 124 valence electrons. The van der Waals surface area contributed by atoms with Crippen molar-refractivity contribution in [3.05, 3.63) is 52.8 Å². The van der Waals surface area contributed by atoms with Crippen LogP contribution in [0.3, 0.4) is 0 Å². The minimum absolute atomic E-state index is 0.0328. The van der Waals surface area contributed by atoms with Crippen LogP contribution in [0.25, 0.3) is 0 Å². The van der Waals surface area contributed by atoms with Gasteiger partial charge in [0.05, 0.1) is 5.56 Å². The Kier molecular flexibility index (Phi) is 4.06. The van der Waals surface area contributed by atoms with E-state index in [4.69, 9.17) is 0 Å². The summed E-state index contributed by atoms with van der Waals surface area (Å²) in [7, 11) is 1.88. The van der Waals surface area contributed by atoms with Gasteiger partial charge in [0, 0.05) is 30.0 Å². The van der Waals surface area contributed by atoms with Gasteiger partial charge in [0.25, 0.3) is 5.91 Å². The second-order valence-electron chi connectivity index (χ2n) is 6.30. The highest BCUT2D eigenvalue weighted by Crippen LogP contribution is 2.36. The number of benzene rings is 1. The summed E-state index contributed by atoms with van der Waals surface area (Å²) in [6, 6.07) is 11.8. The molecule has 24 heavy (non-hydrogen) atoms. The van der Waals surface area contributed by atoms with Gasteiger partial charge in [-0.05, 0) is 38.5 Å². The summed E-state index contributed by atoms with van der Waals surface area (Å²) in [5.74, 6) is 0.0328. The fraction of sp³-hybridized carbons (Fsp3) is 0.368. The second kappa shape index (κ2) is 6.04. The van der Waals surface area contributed by atoms with E-state index >= 15 is 0 Å². The van der Waals surface area contributed by atoms with E-state index < -0.39 is 0 Å². The van der Waals surface area contributed by atoms with Crippen molar-refractivity contribution < 1.29 is 4.79 Å². The SMILES string of the molecule is CC[C@@H](C)N1C(=O)c2ccccc2N[C@H]1c1cc(C#N)n(C)c1C. The third kappa shape index (κ3) is 2.35. The number of fused-ring (bicyclic) bond motifs is 1. The first-order chi connectivity index (χ1) is 11.5. The standard InChI is InChI=1S/C19H22N4O/c1-5-12(2)23-18(16-10-14(11-20)22(4)13(16)3)21-17-9-7-6-8-15(17)19(23)24/h6-10,12,18,21H,5H2,1-4H3/t12-,18-/m1/s1. The van der Waals surface area contributed by atoms with E-state index in [0.29, 0.717) is 11.3 Å². The molecule has 2 atom stereocenters. The van der Waals surface area contributed by atoms with Crippen molar-refractivity contribution in [1.29, 1.82) is 5.26 Å². The summed E-state index contributed by atoms with van der Waals surface area (Å²) in [6.07, 6.45) is 0.596. The van der Waals surface area contributed by atoms with Gasteiger partial charge in [0.1, 0.15) is 17.9 Å². The largest absolute Gasteiger partial charge is 0.361 e. The Morgan fingerprint density at radius 1 is 1.38 bits per heavy atom.